The number of thiophene rings is 1. The molecule has 1 unspecified atom stereocenters. The summed E-state index contributed by atoms with van der Waals surface area (Å²) < 4.78 is 5.21. The molecule has 2 rings (SSSR count). The monoisotopic (exact) mass is 262 g/mol. The highest BCUT2D eigenvalue weighted by molar-refractivity contribution is 7.09. The molecule has 3 nitrogen and oxygen atoms in total. The van der Waals surface area contributed by atoms with Crippen LogP contribution in [0.3, 0.4) is 0 Å². The lowest BCUT2D eigenvalue weighted by Crippen LogP contribution is -2.18. The van der Waals surface area contributed by atoms with Crippen molar-refractivity contribution in [2.45, 2.75) is 19.4 Å². The Morgan fingerprint density at radius 3 is 2.83 bits per heavy atom. The van der Waals surface area contributed by atoms with Gasteiger partial charge in [0.25, 0.3) is 0 Å². The van der Waals surface area contributed by atoms with Crippen LogP contribution in [0.1, 0.15) is 11.8 Å². The highest BCUT2D eigenvalue weighted by atomic mass is 32.1. The van der Waals surface area contributed by atoms with E-state index in [2.05, 4.69) is 29.8 Å². The molecule has 0 saturated heterocycles. The molecular weight excluding hydrogens is 244 g/mol. The zero-order chi connectivity index (χ0) is 13.0. The van der Waals surface area contributed by atoms with E-state index in [0.717, 1.165) is 12.1 Å². The minimum Gasteiger partial charge on any atom is -0.495 e. The summed E-state index contributed by atoms with van der Waals surface area (Å²) in [5.74, 6) is 0.711. The summed E-state index contributed by atoms with van der Waals surface area (Å²) in [6, 6.07) is 10.3. The maximum Gasteiger partial charge on any atom is 0.143 e. The number of anilines is 2. The van der Waals surface area contributed by atoms with Crippen LogP contribution in [0, 0.1) is 0 Å². The van der Waals surface area contributed by atoms with Crippen molar-refractivity contribution >= 4 is 22.7 Å². The lowest BCUT2D eigenvalue weighted by atomic mass is 10.1. The molecule has 0 radical (unpaired) electrons. The summed E-state index contributed by atoms with van der Waals surface area (Å²) in [6.07, 6.45) is 0.994. The van der Waals surface area contributed by atoms with Crippen LogP contribution in [0.4, 0.5) is 11.4 Å². The number of para-hydroxylation sites is 1. The first kappa shape index (κ1) is 12.8. The summed E-state index contributed by atoms with van der Waals surface area (Å²) >= 11 is 1.78. The zero-order valence-electron chi connectivity index (χ0n) is 10.6. The van der Waals surface area contributed by atoms with E-state index in [0.29, 0.717) is 17.5 Å². The number of nitrogen functional groups attached to an aromatic ring is 1. The topological polar surface area (TPSA) is 47.3 Å². The van der Waals surface area contributed by atoms with E-state index in [1.54, 1.807) is 18.4 Å². The molecule has 4 heteroatoms. The molecule has 0 bridgehead atoms. The van der Waals surface area contributed by atoms with Gasteiger partial charge < -0.3 is 15.8 Å². The van der Waals surface area contributed by atoms with Gasteiger partial charge in [0.05, 0.1) is 18.5 Å². The summed E-state index contributed by atoms with van der Waals surface area (Å²) in [5.41, 5.74) is 7.62. The number of nitrogens with two attached hydrogens (primary N) is 1. The minimum atomic E-state index is 0.332. The van der Waals surface area contributed by atoms with Crippen LogP contribution in [0.5, 0.6) is 5.75 Å². The number of ether oxygens (including phenoxy) is 1. The molecule has 3 N–H and O–H groups in total. The third-order valence-corrected chi connectivity index (χ3v) is 3.67. The van der Waals surface area contributed by atoms with E-state index in [-0.39, 0.29) is 0 Å². The Kier molecular flexibility index (Phi) is 4.10. The predicted octanol–water partition coefficient (Wildman–Crippen LogP) is 3.38. The van der Waals surface area contributed by atoms with Crippen LogP contribution in [0.2, 0.25) is 0 Å². The van der Waals surface area contributed by atoms with Gasteiger partial charge in [-0.1, -0.05) is 12.1 Å². The normalized spacial score (nSPS) is 12.1. The van der Waals surface area contributed by atoms with Crippen molar-refractivity contribution in [2.24, 2.45) is 0 Å². The Bertz CT molecular complexity index is 497. The van der Waals surface area contributed by atoms with Gasteiger partial charge in [-0.2, -0.15) is 0 Å². The number of hydrogen-bond acceptors (Lipinski definition) is 4. The summed E-state index contributed by atoms with van der Waals surface area (Å²) in [7, 11) is 1.63. The molecule has 0 spiro atoms. The summed E-state index contributed by atoms with van der Waals surface area (Å²) in [6.45, 7) is 2.15. The first-order valence-electron chi connectivity index (χ1n) is 5.92. The number of methoxy groups -OCH3 is 1. The number of nitrogens with one attached hydrogen (secondary N) is 1. The van der Waals surface area contributed by atoms with Crippen LogP contribution in [-0.2, 0) is 6.42 Å². The van der Waals surface area contributed by atoms with Gasteiger partial charge in [0.2, 0.25) is 0 Å². The van der Waals surface area contributed by atoms with Crippen molar-refractivity contribution in [3.05, 3.63) is 40.6 Å². The van der Waals surface area contributed by atoms with Gasteiger partial charge in [-0.3, -0.25) is 0 Å². The fourth-order valence-corrected chi connectivity index (χ4v) is 2.73. The molecule has 1 aromatic heterocycles. The Morgan fingerprint density at radius 1 is 1.33 bits per heavy atom. The quantitative estimate of drug-likeness (QED) is 0.812. The van der Waals surface area contributed by atoms with E-state index in [9.17, 15) is 0 Å². The lowest BCUT2D eigenvalue weighted by Gasteiger charge is -2.17. The highest BCUT2D eigenvalue weighted by Gasteiger charge is 2.09. The van der Waals surface area contributed by atoms with E-state index >= 15 is 0 Å². The van der Waals surface area contributed by atoms with E-state index in [1.807, 2.05) is 18.2 Å². The molecule has 0 aliphatic heterocycles. The number of benzene rings is 1. The zero-order valence-corrected chi connectivity index (χ0v) is 11.5. The molecule has 0 saturated carbocycles. The average molecular weight is 262 g/mol. The average Bonchev–Trinajstić information content (AvgIpc) is 2.84. The van der Waals surface area contributed by atoms with Gasteiger partial charge in [-0.15, -0.1) is 11.3 Å². The maximum absolute atomic E-state index is 6.03. The second-order valence-electron chi connectivity index (χ2n) is 4.25. The van der Waals surface area contributed by atoms with Gasteiger partial charge in [0, 0.05) is 17.3 Å². The molecule has 0 aliphatic rings. The third-order valence-electron chi connectivity index (χ3n) is 2.78. The Balaban J connectivity index is 2.05. The van der Waals surface area contributed by atoms with Gasteiger partial charge in [0.1, 0.15) is 5.75 Å². The molecular formula is C14H18N2OS. The fraction of sp³-hybridized carbons (Fsp3) is 0.286. The molecule has 18 heavy (non-hydrogen) atoms. The van der Waals surface area contributed by atoms with E-state index in [4.69, 9.17) is 10.5 Å². The van der Waals surface area contributed by atoms with Gasteiger partial charge in [-0.25, -0.2) is 0 Å². The lowest BCUT2D eigenvalue weighted by molar-refractivity contribution is 0.417. The highest BCUT2D eigenvalue weighted by Crippen LogP contribution is 2.29. The van der Waals surface area contributed by atoms with Crippen molar-refractivity contribution in [1.82, 2.24) is 0 Å². The molecule has 0 aliphatic carbocycles. The standard InChI is InChI=1S/C14H18N2OS/c1-10(9-11-5-4-8-18-11)16-12-6-3-7-13(17-2)14(12)15/h3-8,10,16H,9,15H2,1-2H3. The predicted molar refractivity (Wildman–Crippen MR) is 78.5 cm³/mol. The maximum atomic E-state index is 6.03. The molecule has 96 valence electrons. The van der Waals surface area contributed by atoms with E-state index < -0.39 is 0 Å². The SMILES string of the molecule is COc1cccc(NC(C)Cc2cccs2)c1N. The Labute approximate surface area is 112 Å². The molecule has 2 aromatic rings. The molecule has 0 fully saturated rings. The second kappa shape index (κ2) is 5.78. The summed E-state index contributed by atoms with van der Waals surface area (Å²) in [4.78, 5) is 1.37. The van der Waals surface area contributed by atoms with Crippen molar-refractivity contribution in [2.75, 3.05) is 18.2 Å². The van der Waals surface area contributed by atoms with Crippen molar-refractivity contribution in [3.8, 4) is 5.75 Å². The third kappa shape index (κ3) is 2.96. The van der Waals surface area contributed by atoms with Crippen molar-refractivity contribution in [3.63, 3.8) is 0 Å². The van der Waals surface area contributed by atoms with Crippen LogP contribution in [0.15, 0.2) is 35.7 Å². The first-order valence-corrected chi connectivity index (χ1v) is 6.80. The van der Waals surface area contributed by atoms with E-state index in [1.165, 1.54) is 4.88 Å². The summed E-state index contributed by atoms with van der Waals surface area (Å²) in [5, 5.41) is 5.52. The number of hydrogen-bond donors (Lipinski definition) is 2. The van der Waals surface area contributed by atoms with Crippen LogP contribution < -0.4 is 15.8 Å². The fourth-order valence-electron chi connectivity index (χ4n) is 1.89. The van der Waals surface area contributed by atoms with Crippen molar-refractivity contribution < 1.29 is 4.74 Å². The molecule has 0 amide bonds. The van der Waals surface area contributed by atoms with Gasteiger partial charge in [-0.05, 0) is 30.5 Å². The second-order valence-corrected chi connectivity index (χ2v) is 5.28. The Hall–Kier alpha value is -1.68. The smallest absolute Gasteiger partial charge is 0.143 e. The van der Waals surface area contributed by atoms with Crippen LogP contribution in [-0.4, -0.2) is 13.2 Å². The van der Waals surface area contributed by atoms with Crippen LogP contribution in [0.25, 0.3) is 0 Å². The molecule has 1 heterocycles. The molecule has 1 aromatic carbocycles. The first-order chi connectivity index (χ1) is 8.70. The molecule has 1 atom stereocenters. The largest absolute Gasteiger partial charge is 0.495 e. The van der Waals surface area contributed by atoms with Gasteiger partial charge >= 0.3 is 0 Å². The number of rotatable bonds is 5. The van der Waals surface area contributed by atoms with Gasteiger partial charge in [0.15, 0.2) is 0 Å². The van der Waals surface area contributed by atoms with Crippen LogP contribution >= 0.6 is 11.3 Å². The Morgan fingerprint density at radius 2 is 2.17 bits per heavy atom. The minimum absolute atomic E-state index is 0.332. The van der Waals surface area contributed by atoms with Crippen molar-refractivity contribution in [1.29, 1.82) is 0 Å².